The molecule has 2 aliphatic heterocycles. The molecule has 0 saturated carbocycles. The van der Waals surface area contributed by atoms with Crippen LogP contribution in [0.25, 0.3) is 0 Å². The molecule has 2 heterocycles. The quantitative estimate of drug-likeness (QED) is 0.476. The Morgan fingerprint density at radius 3 is 2.38 bits per heavy atom. The number of rotatable bonds is 5. The Balaban J connectivity index is 1.89. The van der Waals surface area contributed by atoms with Crippen molar-refractivity contribution in [1.82, 2.24) is 4.90 Å². The third kappa shape index (κ3) is 5.78. The van der Waals surface area contributed by atoms with E-state index >= 15 is 0 Å². The van der Waals surface area contributed by atoms with Gasteiger partial charge in [0.1, 0.15) is 23.2 Å². The van der Waals surface area contributed by atoms with Crippen LogP contribution in [0.4, 0.5) is 10.5 Å². The second kappa shape index (κ2) is 10.5. The van der Waals surface area contributed by atoms with E-state index in [-0.39, 0.29) is 23.5 Å². The standard InChI is InChI=1S/C25H30N2O7/c1-25(2,3)34-24(30)26-15-13-17(16-26)33-20-12-7-6-11-19(20)27-14-9-8-10-18(22(28)31-4)21(27)23(29)32-5/h6-12,14,17H,13,15-16H2,1-5H3. The van der Waals surface area contributed by atoms with Gasteiger partial charge in [-0.3, -0.25) is 0 Å². The van der Waals surface area contributed by atoms with Crippen LogP contribution in [0, 0.1) is 0 Å². The van der Waals surface area contributed by atoms with Gasteiger partial charge in [-0.2, -0.15) is 0 Å². The second-order valence-corrected chi connectivity index (χ2v) is 8.74. The first-order valence-corrected chi connectivity index (χ1v) is 10.9. The van der Waals surface area contributed by atoms with Crippen molar-refractivity contribution < 1.29 is 33.3 Å². The maximum absolute atomic E-state index is 12.7. The predicted molar refractivity (Wildman–Crippen MR) is 125 cm³/mol. The average molecular weight is 471 g/mol. The third-order valence-electron chi connectivity index (χ3n) is 5.10. The average Bonchev–Trinajstić information content (AvgIpc) is 3.15. The molecule has 1 aromatic carbocycles. The number of para-hydroxylation sites is 2. The number of methoxy groups -OCH3 is 2. The van der Waals surface area contributed by atoms with Gasteiger partial charge in [-0.25, -0.2) is 14.4 Å². The molecule has 1 aromatic rings. The van der Waals surface area contributed by atoms with Crippen LogP contribution >= 0.6 is 0 Å². The topological polar surface area (TPSA) is 94.6 Å². The van der Waals surface area contributed by atoms with Gasteiger partial charge >= 0.3 is 18.0 Å². The monoisotopic (exact) mass is 470 g/mol. The number of carbonyl (C=O) groups is 3. The summed E-state index contributed by atoms with van der Waals surface area (Å²) in [5.41, 5.74) is -0.00713. The number of hydrogen-bond donors (Lipinski definition) is 0. The van der Waals surface area contributed by atoms with Crippen molar-refractivity contribution in [3.05, 3.63) is 60.0 Å². The summed E-state index contributed by atoms with van der Waals surface area (Å²) in [4.78, 5) is 40.7. The lowest BCUT2D eigenvalue weighted by atomic mass is 10.1. The summed E-state index contributed by atoms with van der Waals surface area (Å²) < 4.78 is 21.5. The van der Waals surface area contributed by atoms with Crippen LogP contribution in [-0.2, 0) is 23.8 Å². The van der Waals surface area contributed by atoms with E-state index in [0.717, 1.165) is 0 Å². The van der Waals surface area contributed by atoms with Gasteiger partial charge in [0, 0.05) is 19.2 Å². The molecule has 1 amide bonds. The van der Waals surface area contributed by atoms with Crippen LogP contribution in [0.3, 0.4) is 0 Å². The number of hydrogen-bond acceptors (Lipinski definition) is 8. The molecule has 1 saturated heterocycles. The summed E-state index contributed by atoms with van der Waals surface area (Å²) in [6.45, 7) is 6.35. The van der Waals surface area contributed by atoms with Crippen LogP contribution in [0.2, 0.25) is 0 Å². The Bertz CT molecular complexity index is 1040. The van der Waals surface area contributed by atoms with E-state index in [1.165, 1.54) is 25.2 Å². The van der Waals surface area contributed by atoms with Gasteiger partial charge in [0.25, 0.3) is 0 Å². The number of benzene rings is 1. The molecule has 9 heteroatoms. The van der Waals surface area contributed by atoms with E-state index in [2.05, 4.69) is 0 Å². The zero-order valence-electron chi connectivity index (χ0n) is 20.1. The number of esters is 2. The fraction of sp³-hybridized carbons (Fsp3) is 0.400. The van der Waals surface area contributed by atoms with E-state index < -0.39 is 17.5 Å². The van der Waals surface area contributed by atoms with Gasteiger partial charge in [-0.15, -0.1) is 0 Å². The molecule has 0 aliphatic carbocycles. The lowest BCUT2D eigenvalue weighted by Gasteiger charge is -2.26. The minimum atomic E-state index is -0.705. The number of ether oxygens (including phenoxy) is 4. The van der Waals surface area contributed by atoms with Crippen molar-refractivity contribution >= 4 is 23.7 Å². The summed E-state index contributed by atoms with van der Waals surface area (Å²) in [5.74, 6) is -0.897. The molecule has 0 spiro atoms. The lowest BCUT2D eigenvalue weighted by molar-refractivity contribution is -0.139. The minimum Gasteiger partial charge on any atom is -0.486 e. The lowest BCUT2D eigenvalue weighted by Crippen LogP contribution is -2.36. The predicted octanol–water partition coefficient (Wildman–Crippen LogP) is 3.56. The number of likely N-dealkylation sites (tertiary alicyclic amines) is 1. The number of nitrogens with zero attached hydrogens (tertiary/aromatic N) is 2. The number of anilines is 1. The Labute approximate surface area is 199 Å². The number of carbonyl (C=O) groups excluding carboxylic acids is 3. The zero-order chi connectivity index (χ0) is 24.9. The SMILES string of the molecule is COC(=O)C1=C(C(=O)OC)N(c2ccccc2OC2CCN(C(=O)OC(C)(C)C)C2)C=CC=C1. The van der Waals surface area contributed by atoms with Gasteiger partial charge in [0.2, 0.25) is 0 Å². The number of allylic oxidation sites excluding steroid dienone is 2. The smallest absolute Gasteiger partial charge is 0.410 e. The molecular formula is C25H30N2O7. The Kier molecular flexibility index (Phi) is 7.65. The molecule has 9 nitrogen and oxygen atoms in total. The first-order chi connectivity index (χ1) is 16.1. The van der Waals surface area contributed by atoms with Crippen molar-refractivity contribution in [1.29, 1.82) is 0 Å². The van der Waals surface area contributed by atoms with E-state index in [1.54, 1.807) is 41.5 Å². The molecule has 182 valence electrons. The maximum atomic E-state index is 12.7. The molecule has 0 bridgehead atoms. The van der Waals surface area contributed by atoms with E-state index in [1.807, 2.05) is 26.8 Å². The Morgan fingerprint density at radius 2 is 1.71 bits per heavy atom. The summed E-state index contributed by atoms with van der Waals surface area (Å²) in [6.07, 6.45) is 6.43. The van der Waals surface area contributed by atoms with Gasteiger partial charge in [0.15, 0.2) is 0 Å². The molecule has 34 heavy (non-hydrogen) atoms. The molecule has 1 atom stereocenters. The van der Waals surface area contributed by atoms with E-state index in [0.29, 0.717) is 30.9 Å². The third-order valence-corrected chi connectivity index (χ3v) is 5.10. The Hall–Kier alpha value is -3.75. The summed E-state index contributed by atoms with van der Waals surface area (Å²) in [7, 11) is 2.49. The second-order valence-electron chi connectivity index (χ2n) is 8.74. The molecule has 1 unspecified atom stereocenters. The van der Waals surface area contributed by atoms with Gasteiger partial charge < -0.3 is 28.7 Å². The largest absolute Gasteiger partial charge is 0.486 e. The fourth-order valence-corrected chi connectivity index (χ4v) is 3.60. The van der Waals surface area contributed by atoms with Crippen molar-refractivity contribution in [2.45, 2.75) is 38.9 Å². The van der Waals surface area contributed by atoms with Crippen LogP contribution < -0.4 is 9.64 Å². The van der Waals surface area contributed by atoms with Gasteiger partial charge in [0.05, 0.1) is 32.0 Å². The van der Waals surface area contributed by atoms with E-state index in [4.69, 9.17) is 18.9 Å². The highest BCUT2D eigenvalue weighted by atomic mass is 16.6. The van der Waals surface area contributed by atoms with Crippen molar-refractivity contribution in [2.75, 3.05) is 32.2 Å². The van der Waals surface area contributed by atoms with Crippen LogP contribution in [0.1, 0.15) is 27.2 Å². The summed E-state index contributed by atoms with van der Waals surface area (Å²) in [5, 5.41) is 0. The normalized spacial score (nSPS) is 18.0. The van der Waals surface area contributed by atoms with Crippen molar-refractivity contribution in [2.24, 2.45) is 0 Å². The summed E-state index contributed by atoms with van der Waals surface area (Å²) >= 11 is 0. The molecule has 0 radical (unpaired) electrons. The minimum absolute atomic E-state index is 0.00259. The molecule has 0 aromatic heterocycles. The maximum Gasteiger partial charge on any atom is 0.410 e. The molecule has 3 rings (SSSR count). The van der Waals surface area contributed by atoms with Crippen molar-refractivity contribution in [3.63, 3.8) is 0 Å². The highest BCUT2D eigenvalue weighted by Gasteiger charge is 2.33. The van der Waals surface area contributed by atoms with Crippen LogP contribution in [-0.4, -0.2) is 61.9 Å². The Morgan fingerprint density at radius 1 is 1.00 bits per heavy atom. The number of amides is 1. The highest BCUT2D eigenvalue weighted by Crippen LogP contribution is 2.35. The van der Waals surface area contributed by atoms with Crippen LogP contribution in [0.15, 0.2) is 60.0 Å². The van der Waals surface area contributed by atoms with Crippen molar-refractivity contribution in [3.8, 4) is 5.75 Å². The highest BCUT2D eigenvalue weighted by molar-refractivity contribution is 6.05. The summed E-state index contributed by atoms with van der Waals surface area (Å²) in [6, 6.07) is 7.14. The zero-order valence-corrected chi connectivity index (χ0v) is 20.1. The molecule has 1 fully saturated rings. The van der Waals surface area contributed by atoms with Crippen LogP contribution in [0.5, 0.6) is 5.75 Å². The van der Waals surface area contributed by atoms with Gasteiger partial charge in [-0.05, 0) is 45.1 Å². The fourth-order valence-electron chi connectivity index (χ4n) is 3.60. The molecule has 2 aliphatic rings. The first kappa shape index (κ1) is 24.9. The molecular weight excluding hydrogens is 440 g/mol. The first-order valence-electron chi connectivity index (χ1n) is 10.9. The van der Waals surface area contributed by atoms with E-state index in [9.17, 15) is 14.4 Å². The van der Waals surface area contributed by atoms with Gasteiger partial charge in [-0.1, -0.05) is 18.2 Å². The molecule has 0 N–H and O–H groups in total.